The lowest BCUT2D eigenvalue weighted by Gasteiger charge is -2.14. The van der Waals surface area contributed by atoms with E-state index < -0.39 is 15.3 Å². The summed E-state index contributed by atoms with van der Waals surface area (Å²) in [4.78, 5) is 0. The van der Waals surface area contributed by atoms with Gasteiger partial charge in [-0.1, -0.05) is 19.3 Å². The molecule has 0 heterocycles. The van der Waals surface area contributed by atoms with Crippen molar-refractivity contribution in [1.29, 1.82) is 0 Å². The first-order valence-corrected chi connectivity index (χ1v) is 5.96. The second kappa shape index (κ2) is 5.25. The van der Waals surface area contributed by atoms with Crippen LogP contribution in [-0.4, -0.2) is 19.7 Å². The summed E-state index contributed by atoms with van der Waals surface area (Å²) in [5.41, 5.74) is 0. The van der Waals surface area contributed by atoms with Gasteiger partial charge in [0.15, 0.2) is 0 Å². The first kappa shape index (κ1) is 12.5. The van der Waals surface area contributed by atoms with Crippen LogP contribution in [0.5, 0.6) is 0 Å². The molecule has 0 radical (unpaired) electrons. The van der Waals surface area contributed by atoms with Gasteiger partial charge < -0.3 is 0 Å². The number of nitrogens with one attached hydrogen (secondary N) is 1. The van der Waals surface area contributed by atoms with E-state index in [0.717, 1.165) is 6.42 Å². The molecular weight excluding hydrogens is 186 g/mol. The summed E-state index contributed by atoms with van der Waals surface area (Å²) in [7, 11) is -3.22. The number of hydrogen-bond donors (Lipinski definition) is 1. The highest BCUT2D eigenvalue weighted by Gasteiger charge is 2.18. The first-order valence-electron chi connectivity index (χ1n) is 4.41. The zero-order valence-electron chi connectivity index (χ0n) is 8.37. The molecule has 0 saturated heterocycles. The standard InChI is InChI=1S/C9H17NO2S/c1-5-7-9(6-2)10-13(11,12)8(3)4/h2,8-10H,5,7H2,1,3-4H3. The molecule has 1 atom stereocenters. The molecule has 13 heavy (non-hydrogen) atoms. The summed E-state index contributed by atoms with van der Waals surface area (Å²) in [6, 6.07) is -0.364. The predicted octanol–water partition coefficient (Wildman–Crippen LogP) is 1.12. The van der Waals surface area contributed by atoms with Crippen LogP contribution in [0.1, 0.15) is 33.6 Å². The lowest BCUT2D eigenvalue weighted by Crippen LogP contribution is -2.38. The van der Waals surface area contributed by atoms with E-state index in [9.17, 15) is 8.42 Å². The van der Waals surface area contributed by atoms with Crippen molar-refractivity contribution in [1.82, 2.24) is 4.72 Å². The van der Waals surface area contributed by atoms with Crippen molar-refractivity contribution in [2.24, 2.45) is 0 Å². The molecule has 0 aromatic carbocycles. The van der Waals surface area contributed by atoms with Gasteiger partial charge in [0.2, 0.25) is 10.0 Å². The third kappa shape index (κ3) is 4.30. The summed E-state index contributed by atoms with van der Waals surface area (Å²) >= 11 is 0. The van der Waals surface area contributed by atoms with Gasteiger partial charge in [-0.25, -0.2) is 13.1 Å². The molecule has 76 valence electrons. The molecule has 0 rings (SSSR count). The third-order valence-corrected chi connectivity index (χ3v) is 3.56. The van der Waals surface area contributed by atoms with E-state index in [1.54, 1.807) is 13.8 Å². The maximum Gasteiger partial charge on any atom is 0.215 e. The van der Waals surface area contributed by atoms with E-state index in [1.165, 1.54) is 0 Å². The van der Waals surface area contributed by atoms with Gasteiger partial charge in [0.25, 0.3) is 0 Å². The topological polar surface area (TPSA) is 46.2 Å². The van der Waals surface area contributed by atoms with Crippen LogP contribution >= 0.6 is 0 Å². The van der Waals surface area contributed by atoms with E-state index in [-0.39, 0.29) is 6.04 Å². The van der Waals surface area contributed by atoms with Crippen molar-refractivity contribution >= 4 is 10.0 Å². The lowest BCUT2D eigenvalue weighted by atomic mass is 10.2. The molecule has 4 heteroatoms. The molecule has 0 aromatic heterocycles. The second-order valence-electron chi connectivity index (χ2n) is 3.22. The molecule has 0 aliphatic carbocycles. The molecule has 0 aromatic rings. The van der Waals surface area contributed by atoms with Gasteiger partial charge in [0, 0.05) is 0 Å². The van der Waals surface area contributed by atoms with E-state index >= 15 is 0 Å². The van der Waals surface area contributed by atoms with E-state index in [2.05, 4.69) is 10.6 Å². The van der Waals surface area contributed by atoms with E-state index in [0.29, 0.717) is 6.42 Å². The Labute approximate surface area is 81.0 Å². The molecule has 0 bridgehead atoms. The molecule has 0 saturated carbocycles. The van der Waals surface area contributed by atoms with Gasteiger partial charge in [-0.05, 0) is 20.3 Å². The smallest absolute Gasteiger partial charge is 0.212 e. The fourth-order valence-electron chi connectivity index (χ4n) is 0.799. The number of hydrogen-bond acceptors (Lipinski definition) is 2. The quantitative estimate of drug-likeness (QED) is 0.680. The summed E-state index contributed by atoms with van der Waals surface area (Å²) in [6.07, 6.45) is 6.74. The van der Waals surface area contributed by atoms with E-state index in [1.807, 2.05) is 6.92 Å². The van der Waals surface area contributed by atoms with Gasteiger partial charge >= 0.3 is 0 Å². The van der Waals surface area contributed by atoms with Crippen molar-refractivity contribution in [2.75, 3.05) is 0 Å². The van der Waals surface area contributed by atoms with Crippen LogP contribution in [0.15, 0.2) is 0 Å². The maximum absolute atomic E-state index is 11.4. The molecule has 0 aliphatic heterocycles. The van der Waals surface area contributed by atoms with Crippen molar-refractivity contribution in [2.45, 2.75) is 44.9 Å². The average molecular weight is 203 g/mol. The SMILES string of the molecule is C#CC(CCC)NS(=O)(=O)C(C)C. The summed E-state index contributed by atoms with van der Waals surface area (Å²) in [6.45, 7) is 5.22. The lowest BCUT2D eigenvalue weighted by molar-refractivity contribution is 0.556. The fourth-order valence-corrected chi connectivity index (χ4v) is 1.65. The van der Waals surface area contributed by atoms with Crippen molar-refractivity contribution in [3.63, 3.8) is 0 Å². The molecule has 1 N–H and O–H groups in total. The first-order chi connectivity index (χ1) is 5.94. The van der Waals surface area contributed by atoms with Gasteiger partial charge in [-0.3, -0.25) is 0 Å². The Morgan fingerprint density at radius 1 is 1.46 bits per heavy atom. The van der Waals surface area contributed by atoms with Crippen LogP contribution in [0.3, 0.4) is 0 Å². The van der Waals surface area contributed by atoms with Crippen molar-refractivity contribution in [3.8, 4) is 12.3 Å². The minimum atomic E-state index is -3.22. The number of sulfonamides is 1. The fraction of sp³-hybridized carbons (Fsp3) is 0.778. The Morgan fingerprint density at radius 3 is 2.31 bits per heavy atom. The van der Waals surface area contributed by atoms with Crippen LogP contribution in [0.4, 0.5) is 0 Å². The highest BCUT2D eigenvalue weighted by molar-refractivity contribution is 7.90. The zero-order valence-corrected chi connectivity index (χ0v) is 9.19. The Hall–Kier alpha value is -0.530. The van der Waals surface area contributed by atoms with Crippen LogP contribution in [0.2, 0.25) is 0 Å². The number of terminal acetylenes is 1. The highest BCUT2D eigenvalue weighted by Crippen LogP contribution is 2.02. The molecule has 0 amide bonds. The minimum absolute atomic E-state index is 0.364. The third-order valence-electron chi connectivity index (χ3n) is 1.71. The van der Waals surface area contributed by atoms with Gasteiger partial charge in [-0.2, -0.15) is 0 Å². The van der Waals surface area contributed by atoms with Crippen LogP contribution in [0.25, 0.3) is 0 Å². The summed E-state index contributed by atoms with van der Waals surface area (Å²) in [5.74, 6) is 2.42. The van der Waals surface area contributed by atoms with E-state index in [4.69, 9.17) is 6.42 Å². The Balaban J connectivity index is 4.34. The van der Waals surface area contributed by atoms with Crippen LogP contribution in [-0.2, 0) is 10.0 Å². The van der Waals surface area contributed by atoms with Gasteiger partial charge in [0.1, 0.15) is 0 Å². The summed E-state index contributed by atoms with van der Waals surface area (Å²) < 4.78 is 25.2. The Morgan fingerprint density at radius 2 is 2.00 bits per heavy atom. The molecular formula is C9H17NO2S. The highest BCUT2D eigenvalue weighted by atomic mass is 32.2. The molecule has 0 aliphatic rings. The van der Waals surface area contributed by atoms with Gasteiger partial charge in [0.05, 0.1) is 11.3 Å². The molecule has 3 nitrogen and oxygen atoms in total. The Kier molecular flexibility index (Phi) is 5.04. The van der Waals surface area contributed by atoms with Crippen molar-refractivity contribution in [3.05, 3.63) is 0 Å². The average Bonchev–Trinajstić information content (AvgIpc) is 2.03. The second-order valence-corrected chi connectivity index (χ2v) is 5.49. The van der Waals surface area contributed by atoms with Gasteiger partial charge in [-0.15, -0.1) is 6.42 Å². The normalized spacial score (nSPS) is 14.1. The Bertz CT molecular complexity index is 274. The minimum Gasteiger partial charge on any atom is -0.212 e. The number of rotatable bonds is 5. The van der Waals surface area contributed by atoms with Crippen LogP contribution in [0, 0.1) is 12.3 Å². The predicted molar refractivity (Wildman–Crippen MR) is 54.7 cm³/mol. The van der Waals surface area contributed by atoms with Crippen LogP contribution < -0.4 is 4.72 Å². The largest absolute Gasteiger partial charge is 0.215 e. The maximum atomic E-state index is 11.4. The van der Waals surface area contributed by atoms with Crippen molar-refractivity contribution < 1.29 is 8.42 Å². The molecule has 0 fully saturated rings. The zero-order chi connectivity index (χ0) is 10.5. The summed E-state index contributed by atoms with van der Waals surface area (Å²) in [5, 5.41) is -0.430. The molecule has 1 unspecified atom stereocenters. The monoisotopic (exact) mass is 203 g/mol. The molecule has 0 spiro atoms.